The lowest BCUT2D eigenvalue weighted by Gasteiger charge is -2.10. The number of hydrogen-bond acceptors (Lipinski definition) is 3. The van der Waals surface area contributed by atoms with Crippen LogP contribution in [0.25, 0.3) is 0 Å². The molecule has 0 aliphatic rings. The van der Waals surface area contributed by atoms with Crippen molar-refractivity contribution in [3.63, 3.8) is 0 Å². The van der Waals surface area contributed by atoms with Crippen molar-refractivity contribution in [1.29, 1.82) is 0 Å². The van der Waals surface area contributed by atoms with E-state index >= 15 is 0 Å². The maximum Gasteiger partial charge on any atom is 0.169 e. The van der Waals surface area contributed by atoms with Crippen molar-refractivity contribution in [2.75, 3.05) is 11.9 Å². The Balaban J connectivity index is 2.01. The molecule has 0 bridgehead atoms. The van der Waals surface area contributed by atoms with Gasteiger partial charge in [0, 0.05) is 5.69 Å². The standard InChI is InChI=1S/C14H16BrNO2/c1-3-17-11-4-6-13(10(2)8-11)16-9-12-5-7-14(15)18-12/h4-8,16H,3,9H2,1-2H3. The van der Waals surface area contributed by atoms with Gasteiger partial charge in [-0.05, 0) is 65.7 Å². The van der Waals surface area contributed by atoms with E-state index < -0.39 is 0 Å². The van der Waals surface area contributed by atoms with Crippen LogP contribution in [0.2, 0.25) is 0 Å². The van der Waals surface area contributed by atoms with Crippen LogP contribution in [-0.4, -0.2) is 6.61 Å². The number of rotatable bonds is 5. The lowest BCUT2D eigenvalue weighted by molar-refractivity contribution is 0.340. The number of halogens is 1. The molecular weight excluding hydrogens is 294 g/mol. The average Bonchev–Trinajstić information content (AvgIpc) is 2.74. The van der Waals surface area contributed by atoms with Gasteiger partial charge in [0.1, 0.15) is 11.5 Å². The molecule has 1 N–H and O–H groups in total. The molecule has 18 heavy (non-hydrogen) atoms. The Bertz CT molecular complexity index is 522. The summed E-state index contributed by atoms with van der Waals surface area (Å²) in [5.41, 5.74) is 2.25. The monoisotopic (exact) mass is 309 g/mol. The number of nitrogens with one attached hydrogen (secondary N) is 1. The molecule has 0 spiro atoms. The zero-order valence-electron chi connectivity index (χ0n) is 10.5. The first-order valence-corrected chi connectivity index (χ1v) is 6.70. The van der Waals surface area contributed by atoms with E-state index in [4.69, 9.17) is 9.15 Å². The van der Waals surface area contributed by atoms with Crippen LogP contribution >= 0.6 is 15.9 Å². The molecular formula is C14H16BrNO2. The van der Waals surface area contributed by atoms with Crippen LogP contribution in [0.1, 0.15) is 18.2 Å². The van der Waals surface area contributed by atoms with E-state index in [1.54, 1.807) is 0 Å². The zero-order chi connectivity index (χ0) is 13.0. The molecule has 1 aromatic carbocycles. The van der Waals surface area contributed by atoms with Gasteiger partial charge in [-0.3, -0.25) is 0 Å². The van der Waals surface area contributed by atoms with Crippen molar-refractivity contribution in [2.24, 2.45) is 0 Å². The highest BCUT2D eigenvalue weighted by Crippen LogP contribution is 2.22. The highest BCUT2D eigenvalue weighted by molar-refractivity contribution is 9.10. The highest BCUT2D eigenvalue weighted by Gasteiger charge is 2.03. The average molecular weight is 310 g/mol. The van der Waals surface area contributed by atoms with Crippen molar-refractivity contribution in [1.82, 2.24) is 0 Å². The Morgan fingerprint density at radius 3 is 2.72 bits per heavy atom. The minimum Gasteiger partial charge on any atom is -0.494 e. The third-order valence-corrected chi connectivity index (χ3v) is 3.02. The second-order valence-corrected chi connectivity index (χ2v) is 4.75. The van der Waals surface area contributed by atoms with E-state index in [0.717, 1.165) is 27.4 Å². The number of anilines is 1. The Hall–Kier alpha value is -1.42. The molecule has 0 saturated carbocycles. The Morgan fingerprint density at radius 1 is 1.28 bits per heavy atom. The summed E-state index contributed by atoms with van der Waals surface area (Å²) >= 11 is 3.29. The van der Waals surface area contributed by atoms with Crippen LogP contribution in [-0.2, 0) is 6.54 Å². The van der Waals surface area contributed by atoms with Gasteiger partial charge in [-0.25, -0.2) is 0 Å². The van der Waals surface area contributed by atoms with E-state index in [1.165, 1.54) is 0 Å². The van der Waals surface area contributed by atoms with Crippen molar-refractivity contribution in [2.45, 2.75) is 20.4 Å². The molecule has 2 rings (SSSR count). The molecule has 4 heteroatoms. The lowest BCUT2D eigenvalue weighted by Crippen LogP contribution is -2.00. The van der Waals surface area contributed by atoms with Crippen molar-refractivity contribution in [3.05, 3.63) is 46.3 Å². The number of hydrogen-bond donors (Lipinski definition) is 1. The molecule has 0 atom stereocenters. The van der Waals surface area contributed by atoms with E-state index in [1.807, 2.05) is 37.3 Å². The fraction of sp³-hybridized carbons (Fsp3) is 0.286. The minimum absolute atomic E-state index is 0.667. The van der Waals surface area contributed by atoms with Gasteiger partial charge in [0.25, 0.3) is 0 Å². The van der Waals surface area contributed by atoms with Crippen LogP contribution < -0.4 is 10.1 Å². The summed E-state index contributed by atoms with van der Waals surface area (Å²) in [6.07, 6.45) is 0. The number of ether oxygens (including phenoxy) is 1. The summed E-state index contributed by atoms with van der Waals surface area (Å²) in [6.45, 7) is 5.40. The third-order valence-electron chi connectivity index (χ3n) is 2.59. The number of furan rings is 1. The SMILES string of the molecule is CCOc1ccc(NCc2ccc(Br)o2)c(C)c1. The largest absolute Gasteiger partial charge is 0.494 e. The fourth-order valence-corrected chi connectivity index (χ4v) is 2.06. The summed E-state index contributed by atoms with van der Waals surface area (Å²) in [5, 5.41) is 3.34. The van der Waals surface area contributed by atoms with Crippen molar-refractivity contribution >= 4 is 21.6 Å². The maximum absolute atomic E-state index is 5.46. The quantitative estimate of drug-likeness (QED) is 0.891. The highest BCUT2D eigenvalue weighted by atomic mass is 79.9. The normalized spacial score (nSPS) is 10.4. The summed E-state index contributed by atoms with van der Waals surface area (Å²) < 4.78 is 11.6. The van der Waals surface area contributed by atoms with E-state index in [9.17, 15) is 0 Å². The molecule has 0 fully saturated rings. The topological polar surface area (TPSA) is 34.4 Å². The van der Waals surface area contributed by atoms with E-state index in [-0.39, 0.29) is 0 Å². The molecule has 0 aliphatic carbocycles. The van der Waals surface area contributed by atoms with Gasteiger partial charge in [-0.2, -0.15) is 0 Å². The Labute approximate surface area is 115 Å². The molecule has 0 unspecified atom stereocenters. The molecule has 0 aliphatic heterocycles. The molecule has 96 valence electrons. The van der Waals surface area contributed by atoms with Gasteiger partial charge < -0.3 is 14.5 Å². The molecule has 0 amide bonds. The number of benzene rings is 1. The first-order valence-electron chi connectivity index (χ1n) is 5.90. The zero-order valence-corrected chi connectivity index (χ0v) is 12.1. The molecule has 1 aromatic heterocycles. The van der Waals surface area contributed by atoms with Crippen LogP contribution in [0.4, 0.5) is 5.69 Å². The maximum atomic E-state index is 5.46. The van der Waals surface area contributed by atoms with E-state index in [0.29, 0.717) is 13.2 Å². The van der Waals surface area contributed by atoms with Gasteiger partial charge in [0.15, 0.2) is 4.67 Å². The fourth-order valence-electron chi connectivity index (χ4n) is 1.72. The predicted molar refractivity (Wildman–Crippen MR) is 76.1 cm³/mol. The van der Waals surface area contributed by atoms with E-state index in [2.05, 4.69) is 28.2 Å². The van der Waals surface area contributed by atoms with Gasteiger partial charge in [0.2, 0.25) is 0 Å². The van der Waals surface area contributed by atoms with Crippen molar-refractivity contribution < 1.29 is 9.15 Å². The molecule has 1 heterocycles. The van der Waals surface area contributed by atoms with Crippen molar-refractivity contribution in [3.8, 4) is 5.75 Å². The summed E-state index contributed by atoms with van der Waals surface area (Å²) in [4.78, 5) is 0. The summed E-state index contributed by atoms with van der Waals surface area (Å²) in [6, 6.07) is 9.86. The predicted octanol–water partition coefficient (Wildman–Crippen LogP) is 4.36. The Morgan fingerprint density at radius 2 is 2.11 bits per heavy atom. The van der Waals surface area contributed by atoms with Crippen LogP contribution in [0.5, 0.6) is 5.75 Å². The first-order chi connectivity index (χ1) is 8.69. The second-order valence-electron chi connectivity index (χ2n) is 3.97. The van der Waals surface area contributed by atoms with Crippen LogP contribution in [0.15, 0.2) is 39.4 Å². The summed E-state index contributed by atoms with van der Waals surface area (Å²) in [5.74, 6) is 1.80. The molecule has 3 nitrogen and oxygen atoms in total. The van der Waals surface area contributed by atoms with Gasteiger partial charge in [-0.1, -0.05) is 0 Å². The molecule has 2 aromatic rings. The smallest absolute Gasteiger partial charge is 0.169 e. The second kappa shape index (κ2) is 5.96. The molecule has 0 saturated heterocycles. The Kier molecular flexibility index (Phi) is 4.31. The first kappa shape index (κ1) is 13.0. The summed E-state index contributed by atoms with van der Waals surface area (Å²) in [7, 11) is 0. The third kappa shape index (κ3) is 3.29. The van der Waals surface area contributed by atoms with Gasteiger partial charge in [0.05, 0.1) is 13.2 Å². The van der Waals surface area contributed by atoms with Gasteiger partial charge in [-0.15, -0.1) is 0 Å². The lowest BCUT2D eigenvalue weighted by atomic mass is 10.2. The number of aryl methyl sites for hydroxylation is 1. The minimum atomic E-state index is 0.667. The van der Waals surface area contributed by atoms with Crippen LogP contribution in [0, 0.1) is 6.92 Å². The van der Waals surface area contributed by atoms with Gasteiger partial charge >= 0.3 is 0 Å². The molecule has 0 radical (unpaired) electrons. The van der Waals surface area contributed by atoms with Crippen LogP contribution in [0.3, 0.4) is 0 Å².